The first-order valence-electron chi connectivity index (χ1n) is 4.72. The fourth-order valence-corrected chi connectivity index (χ4v) is 1.50. The number of amides is 2. The Labute approximate surface area is 88.2 Å². The summed E-state index contributed by atoms with van der Waals surface area (Å²) >= 11 is 5.51. The van der Waals surface area contributed by atoms with Crippen LogP contribution in [0.1, 0.15) is 19.3 Å². The molecule has 0 aromatic rings. The fourth-order valence-electron chi connectivity index (χ4n) is 1.31. The summed E-state index contributed by atoms with van der Waals surface area (Å²) in [6, 6.07) is 0. The molecule has 14 heavy (non-hydrogen) atoms. The minimum Gasteiger partial charge on any atom is -0.362 e. The van der Waals surface area contributed by atoms with Crippen molar-refractivity contribution in [2.24, 2.45) is 0 Å². The SMILES string of the molecule is O=C1COCC(=O)N1CCCCCCl. The molecule has 4 nitrogen and oxygen atoms in total. The Morgan fingerprint density at radius 3 is 2.36 bits per heavy atom. The number of unbranched alkanes of at least 4 members (excludes halogenated alkanes) is 2. The Hall–Kier alpha value is -0.610. The van der Waals surface area contributed by atoms with E-state index in [4.69, 9.17) is 16.3 Å². The second-order valence-electron chi connectivity index (χ2n) is 3.18. The molecule has 0 saturated carbocycles. The number of nitrogens with zero attached hydrogens (tertiary/aromatic N) is 1. The zero-order valence-electron chi connectivity index (χ0n) is 8.00. The second kappa shape index (κ2) is 5.98. The molecule has 1 aliphatic rings. The van der Waals surface area contributed by atoms with Gasteiger partial charge < -0.3 is 4.74 Å². The maximum Gasteiger partial charge on any atom is 0.255 e. The van der Waals surface area contributed by atoms with Crippen molar-refractivity contribution in [3.05, 3.63) is 0 Å². The molecule has 0 radical (unpaired) electrons. The highest BCUT2D eigenvalue weighted by molar-refractivity contribution is 6.17. The van der Waals surface area contributed by atoms with Gasteiger partial charge in [0, 0.05) is 12.4 Å². The number of rotatable bonds is 5. The van der Waals surface area contributed by atoms with E-state index in [2.05, 4.69) is 0 Å². The third-order valence-corrected chi connectivity index (χ3v) is 2.34. The predicted octanol–water partition coefficient (Wildman–Crippen LogP) is 0.781. The van der Waals surface area contributed by atoms with Crippen LogP contribution in [-0.4, -0.2) is 42.4 Å². The molecule has 0 aromatic carbocycles. The fraction of sp³-hybridized carbons (Fsp3) is 0.778. The Kier molecular flexibility index (Phi) is 4.90. The molecule has 1 rings (SSSR count). The van der Waals surface area contributed by atoms with E-state index >= 15 is 0 Å². The van der Waals surface area contributed by atoms with Crippen molar-refractivity contribution in [3.63, 3.8) is 0 Å². The Morgan fingerprint density at radius 2 is 1.79 bits per heavy atom. The van der Waals surface area contributed by atoms with E-state index in [0.717, 1.165) is 19.3 Å². The lowest BCUT2D eigenvalue weighted by Crippen LogP contribution is -2.46. The third kappa shape index (κ3) is 3.27. The molecular weight excluding hydrogens is 206 g/mol. The van der Waals surface area contributed by atoms with Crippen LogP contribution in [0.4, 0.5) is 0 Å². The van der Waals surface area contributed by atoms with Gasteiger partial charge in [0.1, 0.15) is 13.2 Å². The summed E-state index contributed by atoms with van der Waals surface area (Å²) in [4.78, 5) is 23.7. The maximum atomic E-state index is 11.2. The molecule has 1 fully saturated rings. The smallest absolute Gasteiger partial charge is 0.255 e. The van der Waals surface area contributed by atoms with E-state index in [1.165, 1.54) is 4.90 Å². The number of carbonyl (C=O) groups excluding carboxylic acids is 2. The first kappa shape index (κ1) is 11.5. The molecule has 2 amide bonds. The van der Waals surface area contributed by atoms with E-state index in [9.17, 15) is 9.59 Å². The highest BCUT2D eigenvalue weighted by atomic mass is 35.5. The molecule has 1 aliphatic heterocycles. The number of alkyl halides is 1. The van der Waals surface area contributed by atoms with Gasteiger partial charge in [-0.25, -0.2) is 0 Å². The van der Waals surface area contributed by atoms with Crippen molar-refractivity contribution in [2.45, 2.75) is 19.3 Å². The molecule has 1 saturated heterocycles. The van der Waals surface area contributed by atoms with Crippen molar-refractivity contribution in [1.29, 1.82) is 0 Å². The van der Waals surface area contributed by atoms with Crippen LogP contribution in [0.15, 0.2) is 0 Å². The number of hydrogen-bond donors (Lipinski definition) is 0. The molecular formula is C9H14ClNO3. The lowest BCUT2D eigenvalue weighted by Gasteiger charge is -2.24. The van der Waals surface area contributed by atoms with E-state index in [0.29, 0.717) is 12.4 Å². The molecule has 0 aliphatic carbocycles. The number of halogens is 1. The molecule has 5 heteroatoms. The Morgan fingerprint density at radius 1 is 1.14 bits per heavy atom. The zero-order valence-corrected chi connectivity index (χ0v) is 8.76. The van der Waals surface area contributed by atoms with Gasteiger partial charge in [0.15, 0.2) is 0 Å². The van der Waals surface area contributed by atoms with Gasteiger partial charge in [-0.05, 0) is 12.8 Å². The van der Waals surface area contributed by atoms with Gasteiger partial charge in [-0.2, -0.15) is 0 Å². The summed E-state index contributed by atoms with van der Waals surface area (Å²) in [5.74, 6) is 0.171. The summed E-state index contributed by atoms with van der Waals surface area (Å²) in [6.45, 7) is 0.556. The van der Waals surface area contributed by atoms with Crippen LogP contribution >= 0.6 is 11.6 Å². The molecule has 0 bridgehead atoms. The number of carbonyl (C=O) groups is 2. The zero-order chi connectivity index (χ0) is 10.4. The van der Waals surface area contributed by atoms with Gasteiger partial charge in [0.2, 0.25) is 0 Å². The first-order chi connectivity index (χ1) is 6.75. The van der Waals surface area contributed by atoms with Crippen LogP contribution in [0.2, 0.25) is 0 Å². The summed E-state index contributed by atoms with van der Waals surface area (Å²) in [5, 5.41) is 0. The van der Waals surface area contributed by atoms with Crippen LogP contribution in [-0.2, 0) is 14.3 Å². The molecule has 1 heterocycles. The Balaban J connectivity index is 2.26. The highest BCUT2D eigenvalue weighted by Gasteiger charge is 2.25. The minimum atomic E-state index is -0.230. The normalized spacial score (nSPS) is 17.6. The lowest BCUT2D eigenvalue weighted by molar-refractivity contribution is -0.158. The van der Waals surface area contributed by atoms with Crippen LogP contribution in [0.3, 0.4) is 0 Å². The quantitative estimate of drug-likeness (QED) is 0.390. The maximum absolute atomic E-state index is 11.2. The van der Waals surface area contributed by atoms with Crippen molar-refractivity contribution >= 4 is 23.4 Å². The summed E-state index contributed by atoms with van der Waals surface area (Å²) in [5.41, 5.74) is 0. The molecule has 0 spiro atoms. The van der Waals surface area contributed by atoms with Crippen molar-refractivity contribution in [1.82, 2.24) is 4.90 Å². The summed E-state index contributed by atoms with van der Waals surface area (Å²) < 4.78 is 4.79. The van der Waals surface area contributed by atoms with Gasteiger partial charge >= 0.3 is 0 Å². The van der Waals surface area contributed by atoms with E-state index < -0.39 is 0 Å². The van der Waals surface area contributed by atoms with E-state index in [1.807, 2.05) is 0 Å². The standard InChI is InChI=1S/C9H14ClNO3/c10-4-2-1-3-5-11-8(12)6-14-7-9(11)13/h1-7H2. The number of morpholine rings is 1. The minimum absolute atomic E-state index is 0.0290. The van der Waals surface area contributed by atoms with Gasteiger partial charge in [-0.15, -0.1) is 11.6 Å². The van der Waals surface area contributed by atoms with Gasteiger partial charge in [0.25, 0.3) is 11.8 Å². The van der Waals surface area contributed by atoms with Gasteiger partial charge in [-0.1, -0.05) is 6.42 Å². The van der Waals surface area contributed by atoms with E-state index in [1.54, 1.807) is 0 Å². The number of imide groups is 1. The largest absolute Gasteiger partial charge is 0.362 e. The van der Waals surface area contributed by atoms with E-state index in [-0.39, 0.29) is 25.0 Å². The predicted molar refractivity (Wildman–Crippen MR) is 52.1 cm³/mol. The van der Waals surface area contributed by atoms with Crippen LogP contribution in [0.25, 0.3) is 0 Å². The van der Waals surface area contributed by atoms with Crippen molar-refractivity contribution < 1.29 is 14.3 Å². The van der Waals surface area contributed by atoms with Gasteiger partial charge in [-0.3, -0.25) is 14.5 Å². The topological polar surface area (TPSA) is 46.6 Å². The molecule has 0 aromatic heterocycles. The number of ether oxygens (including phenoxy) is 1. The summed E-state index contributed by atoms with van der Waals surface area (Å²) in [6.07, 6.45) is 2.69. The molecule has 0 unspecified atom stereocenters. The summed E-state index contributed by atoms with van der Waals surface area (Å²) in [7, 11) is 0. The molecule has 0 atom stereocenters. The molecule has 80 valence electrons. The van der Waals surface area contributed by atoms with Crippen molar-refractivity contribution in [3.8, 4) is 0 Å². The first-order valence-corrected chi connectivity index (χ1v) is 5.26. The second-order valence-corrected chi connectivity index (χ2v) is 3.56. The average molecular weight is 220 g/mol. The average Bonchev–Trinajstić information content (AvgIpc) is 2.16. The lowest BCUT2D eigenvalue weighted by atomic mass is 10.2. The molecule has 0 N–H and O–H groups in total. The monoisotopic (exact) mass is 219 g/mol. The highest BCUT2D eigenvalue weighted by Crippen LogP contribution is 2.05. The third-order valence-electron chi connectivity index (χ3n) is 2.07. The number of hydrogen-bond acceptors (Lipinski definition) is 3. The Bertz CT molecular complexity index is 204. The van der Waals surface area contributed by atoms with Crippen LogP contribution in [0, 0.1) is 0 Å². The van der Waals surface area contributed by atoms with Crippen molar-refractivity contribution in [2.75, 3.05) is 25.6 Å². The van der Waals surface area contributed by atoms with Gasteiger partial charge in [0.05, 0.1) is 0 Å². The van der Waals surface area contributed by atoms with Crippen LogP contribution in [0.5, 0.6) is 0 Å². The van der Waals surface area contributed by atoms with Crippen LogP contribution < -0.4 is 0 Å².